The zero-order valence-corrected chi connectivity index (χ0v) is 13.4. The summed E-state index contributed by atoms with van der Waals surface area (Å²) in [4.78, 5) is 25.0. The molecule has 1 N–H and O–H groups in total. The summed E-state index contributed by atoms with van der Waals surface area (Å²) in [6.07, 6.45) is 0.114. The fourth-order valence-corrected chi connectivity index (χ4v) is 3.68. The molecule has 0 bridgehead atoms. The molecule has 1 aromatic heterocycles. The molecule has 3 aromatic rings. The van der Waals surface area contributed by atoms with E-state index < -0.39 is 0 Å². The third kappa shape index (κ3) is 2.61. The summed E-state index contributed by atoms with van der Waals surface area (Å²) in [5.74, 6) is -0.705. The number of fused-ring (bicyclic) bond motifs is 1. The molecule has 1 aliphatic rings. The number of benzene rings is 2. The Morgan fingerprint density at radius 3 is 2.33 bits per heavy atom. The van der Waals surface area contributed by atoms with Crippen molar-refractivity contribution in [1.82, 2.24) is 15.1 Å². The van der Waals surface area contributed by atoms with Gasteiger partial charge in [0.2, 0.25) is 5.91 Å². The molecule has 0 saturated heterocycles. The van der Waals surface area contributed by atoms with Gasteiger partial charge in [-0.3, -0.25) is 14.9 Å². The van der Waals surface area contributed by atoms with Gasteiger partial charge in [-0.15, -0.1) is 0 Å². The monoisotopic (exact) mass is 335 g/mol. The second-order valence-electron chi connectivity index (χ2n) is 5.34. The third-order valence-electron chi connectivity index (χ3n) is 3.68. The number of imide groups is 1. The van der Waals surface area contributed by atoms with Crippen molar-refractivity contribution in [3.63, 3.8) is 0 Å². The smallest absolute Gasteiger partial charge is 0.262 e. The normalized spacial score (nSPS) is 13.5. The first-order chi connectivity index (χ1) is 11.7. The van der Waals surface area contributed by atoms with Crippen LogP contribution < -0.4 is 5.32 Å². The van der Waals surface area contributed by atoms with E-state index in [1.807, 2.05) is 60.7 Å². The Kier molecular flexibility index (Phi) is 3.66. The summed E-state index contributed by atoms with van der Waals surface area (Å²) >= 11 is 1.46. The van der Waals surface area contributed by atoms with E-state index in [-0.39, 0.29) is 18.2 Å². The summed E-state index contributed by atoms with van der Waals surface area (Å²) < 4.78 is 1.74. The Hall–Kier alpha value is -2.86. The predicted octanol–water partition coefficient (Wildman–Crippen LogP) is 2.84. The van der Waals surface area contributed by atoms with Crippen LogP contribution in [0.2, 0.25) is 0 Å². The molecule has 6 heteroatoms. The van der Waals surface area contributed by atoms with E-state index in [0.717, 1.165) is 10.6 Å². The van der Waals surface area contributed by atoms with Crippen molar-refractivity contribution in [2.24, 2.45) is 0 Å². The Morgan fingerprint density at radius 2 is 1.62 bits per heavy atom. The van der Waals surface area contributed by atoms with Crippen molar-refractivity contribution in [3.05, 3.63) is 71.9 Å². The number of hydrogen-bond acceptors (Lipinski definition) is 4. The summed E-state index contributed by atoms with van der Waals surface area (Å²) in [5, 5.41) is 7.63. The largest absolute Gasteiger partial charge is 0.292 e. The molecule has 0 fully saturated rings. The fourth-order valence-electron chi connectivity index (χ4n) is 2.62. The molecule has 1 aliphatic heterocycles. The lowest BCUT2D eigenvalue weighted by molar-refractivity contribution is -0.119. The fraction of sp³-hybridized carbons (Fsp3) is 0.0556. The van der Waals surface area contributed by atoms with Crippen LogP contribution in [0.3, 0.4) is 0 Å². The van der Waals surface area contributed by atoms with Crippen LogP contribution in [0.1, 0.15) is 16.1 Å². The number of hydrogen-bond donors (Lipinski definition) is 1. The van der Waals surface area contributed by atoms with Crippen LogP contribution in [0.5, 0.6) is 0 Å². The molecule has 0 saturated carbocycles. The first kappa shape index (κ1) is 14.7. The van der Waals surface area contributed by atoms with Gasteiger partial charge in [0.15, 0.2) is 0 Å². The molecule has 118 valence electrons. The Bertz CT molecular complexity index is 920. The maximum atomic E-state index is 12.4. The molecule has 4 rings (SSSR count). The zero-order valence-electron chi connectivity index (χ0n) is 12.6. The van der Waals surface area contributed by atoms with Gasteiger partial charge in [-0.05, 0) is 24.3 Å². The number of amides is 2. The second kappa shape index (κ2) is 5.98. The molecular formula is C18H13N3O2S. The standard InChI is InChI=1S/C18H13N3O2S/c22-15-11-14-16(17(23)19-15)18(24-13-9-5-2-6-10-13)21(20-14)12-7-3-1-4-8-12/h1-10H,11H2,(H,19,22,23). The van der Waals surface area contributed by atoms with Crippen LogP contribution in [0.15, 0.2) is 70.6 Å². The van der Waals surface area contributed by atoms with Crippen LogP contribution in [-0.4, -0.2) is 21.6 Å². The lowest BCUT2D eigenvalue weighted by Gasteiger charge is -2.11. The topological polar surface area (TPSA) is 64.0 Å². The summed E-state index contributed by atoms with van der Waals surface area (Å²) in [5.41, 5.74) is 1.85. The summed E-state index contributed by atoms with van der Waals surface area (Å²) in [6.45, 7) is 0. The minimum Gasteiger partial charge on any atom is -0.292 e. The molecule has 0 atom stereocenters. The van der Waals surface area contributed by atoms with E-state index in [4.69, 9.17) is 0 Å². The Morgan fingerprint density at radius 1 is 0.958 bits per heavy atom. The van der Waals surface area contributed by atoms with Crippen LogP contribution in [0, 0.1) is 0 Å². The lowest BCUT2D eigenvalue weighted by Crippen LogP contribution is -2.37. The molecule has 0 spiro atoms. The molecule has 2 heterocycles. The van der Waals surface area contributed by atoms with Crippen LogP contribution in [-0.2, 0) is 11.2 Å². The predicted molar refractivity (Wildman–Crippen MR) is 90.3 cm³/mol. The van der Waals surface area contributed by atoms with Crippen molar-refractivity contribution in [2.45, 2.75) is 16.3 Å². The van der Waals surface area contributed by atoms with Gasteiger partial charge < -0.3 is 0 Å². The van der Waals surface area contributed by atoms with E-state index in [1.54, 1.807) is 4.68 Å². The highest BCUT2D eigenvalue weighted by Gasteiger charge is 2.31. The van der Waals surface area contributed by atoms with Crippen LogP contribution >= 0.6 is 11.8 Å². The highest BCUT2D eigenvalue weighted by molar-refractivity contribution is 7.99. The number of carbonyl (C=O) groups is 2. The van der Waals surface area contributed by atoms with Gasteiger partial charge in [0.1, 0.15) is 5.03 Å². The van der Waals surface area contributed by atoms with Crippen molar-refractivity contribution < 1.29 is 9.59 Å². The van der Waals surface area contributed by atoms with Gasteiger partial charge in [0.05, 0.1) is 23.4 Å². The van der Waals surface area contributed by atoms with Gasteiger partial charge >= 0.3 is 0 Å². The molecule has 24 heavy (non-hydrogen) atoms. The Labute approximate surface area is 142 Å². The highest BCUT2D eigenvalue weighted by atomic mass is 32.2. The molecule has 0 aliphatic carbocycles. The molecule has 0 unspecified atom stereocenters. The number of rotatable bonds is 3. The highest BCUT2D eigenvalue weighted by Crippen LogP contribution is 2.35. The van der Waals surface area contributed by atoms with Crippen molar-refractivity contribution in [2.75, 3.05) is 0 Å². The maximum Gasteiger partial charge on any atom is 0.262 e. The van der Waals surface area contributed by atoms with Crippen molar-refractivity contribution in [1.29, 1.82) is 0 Å². The first-order valence-electron chi connectivity index (χ1n) is 7.47. The van der Waals surface area contributed by atoms with E-state index in [9.17, 15) is 9.59 Å². The molecule has 2 amide bonds. The first-order valence-corrected chi connectivity index (χ1v) is 8.28. The van der Waals surface area contributed by atoms with Gasteiger partial charge in [-0.2, -0.15) is 5.10 Å². The van der Waals surface area contributed by atoms with Gasteiger partial charge in [-0.1, -0.05) is 48.2 Å². The van der Waals surface area contributed by atoms with Crippen molar-refractivity contribution in [3.8, 4) is 5.69 Å². The lowest BCUT2D eigenvalue weighted by atomic mass is 10.1. The third-order valence-corrected chi connectivity index (χ3v) is 4.76. The van der Waals surface area contributed by atoms with E-state index in [0.29, 0.717) is 16.3 Å². The maximum absolute atomic E-state index is 12.4. The summed E-state index contributed by atoms with van der Waals surface area (Å²) in [6, 6.07) is 19.4. The number of para-hydroxylation sites is 1. The zero-order chi connectivity index (χ0) is 16.5. The van der Waals surface area contributed by atoms with Gasteiger partial charge in [0.25, 0.3) is 5.91 Å². The number of carbonyl (C=O) groups excluding carboxylic acids is 2. The minimum atomic E-state index is -0.387. The van der Waals surface area contributed by atoms with E-state index in [1.165, 1.54) is 11.8 Å². The van der Waals surface area contributed by atoms with Crippen LogP contribution in [0.4, 0.5) is 0 Å². The minimum absolute atomic E-state index is 0.114. The number of aromatic nitrogens is 2. The van der Waals surface area contributed by atoms with Gasteiger partial charge in [0, 0.05) is 4.90 Å². The molecule has 2 aromatic carbocycles. The van der Waals surface area contributed by atoms with Gasteiger partial charge in [-0.25, -0.2) is 4.68 Å². The van der Waals surface area contributed by atoms with E-state index >= 15 is 0 Å². The molecular weight excluding hydrogens is 322 g/mol. The van der Waals surface area contributed by atoms with E-state index in [2.05, 4.69) is 10.4 Å². The number of nitrogens with one attached hydrogen (secondary N) is 1. The summed E-state index contributed by atoms with van der Waals surface area (Å²) in [7, 11) is 0. The average Bonchev–Trinajstić information content (AvgIpc) is 2.95. The molecule has 0 radical (unpaired) electrons. The SMILES string of the molecule is O=C1Cc2nn(-c3ccccc3)c(Sc3ccccc3)c2C(=O)N1. The molecule has 5 nitrogen and oxygen atoms in total. The number of nitrogens with zero attached hydrogens (tertiary/aromatic N) is 2. The average molecular weight is 335 g/mol. The quantitative estimate of drug-likeness (QED) is 0.748. The van der Waals surface area contributed by atoms with Crippen LogP contribution in [0.25, 0.3) is 5.69 Å². The Balaban J connectivity index is 1.89. The van der Waals surface area contributed by atoms with Crippen molar-refractivity contribution >= 4 is 23.6 Å². The second-order valence-corrected chi connectivity index (χ2v) is 6.41.